The Labute approximate surface area is 113 Å². The molecule has 0 bridgehead atoms. The standard InChI is InChI=1S/C15H19NO3/c1-2-18-13-6-3-5-12(9-13)10-16-14(11-17)15-7-4-8-19-15/h3-9,14,16-17H,2,10-11H2,1H3. The van der Waals surface area contributed by atoms with Gasteiger partial charge in [0.1, 0.15) is 11.5 Å². The van der Waals surface area contributed by atoms with Crippen molar-refractivity contribution in [3.63, 3.8) is 0 Å². The second-order valence-electron chi connectivity index (χ2n) is 4.21. The predicted molar refractivity (Wildman–Crippen MR) is 73.0 cm³/mol. The Morgan fingerprint density at radius 3 is 2.89 bits per heavy atom. The quantitative estimate of drug-likeness (QED) is 0.804. The summed E-state index contributed by atoms with van der Waals surface area (Å²) in [6.45, 7) is 3.26. The van der Waals surface area contributed by atoms with Crippen LogP contribution < -0.4 is 10.1 Å². The van der Waals surface area contributed by atoms with Crippen molar-refractivity contribution in [3.8, 4) is 5.75 Å². The fourth-order valence-corrected chi connectivity index (χ4v) is 1.90. The smallest absolute Gasteiger partial charge is 0.123 e. The minimum Gasteiger partial charge on any atom is -0.494 e. The molecule has 0 amide bonds. The lowest BCUT2D eigenvalue weighted by Gasteiger charge is -2.14. The number of aliphatic hydroxyl groups excluding tert-OH is 1. The van der Waals surface area contributed by atoms with E-state index in [9.17, 15) is 5.11 Å². The molecule has 2 N–H and O–H groups in total. The molecule has 0 saturated heterocycles. The SMILES string of the molecule is CCOc1cccc(CNC(CO)c2ccco2)c1. The molecule has 0 aliphatic rings. The zero-order chi connectivity index (χ0) is 13.5. The Morgan fingerprint density at radius 2 is 2.21 bits per heavy atom. The maximum atomic E-state index is 9.37. The van der Waals surface area contributed by atoms with E-state index in [1.54, 1.807) is 6.26 Å². The van der Waals surface area contributed by atoms with Gasteiger partial charge in [-0.2, -0.15) is 0 Å². The number of furan rings is 1. The summed E-state index contributed by atoms with van der Waals surface area (Å²) < 4.78 is 10.7. The molecule has 0 fully saturated rings. The van der Waals surface area contributed by atoms with Crippen molar-refractivity contribution in [1.82, 2.24) is 5.32 Å². The first kappa shape index (κ1) is 13.6. The van der Waals surface area contributed by atoms with Crippen LogP contribution in [0.4, 0.5) is 0 Å². The van der Waals surface area contributed by atoms with E-state index in [0.717, 1.165) is 17.1 Å². The van der Waals surface area contributed by atoms with E-state index in [2.05, 4.69) is 5.32 Å². The highest BCUT2D eigenvalue weighted by Gasteiger charge is 2.12. The van der Waals surface area contributed by atoms with Gasteiger partial charge in [-0.3, -0.25) is 0 Å². The summed E-state index contributed by atoms with van der Waals surface area (Å²) in [5.74, 6) is 1.60. The molecular weight excluding hydrogens is 242 g/mol. The molecule has 4 heteroatoms. The van der Waals surface area contributed by atoms with E-state index in [1.807, 2.05) is 43.3 Å². The molecule has 102 valence electrons. The normalized spacial score (nSPS) is 12.3. The third kappa shape index (κ3) is 3.84. The zero-order valence-corrected chi connectivity index (χ0v) is 11.0. The van der Waals surface area contributed by atoms with Crippen molar-refractivity contribution in [3.05, 3.63) is 54.0 Å². The van der Waals surface area contributed by atoms with Crippen LogP contribution >= 0.6 is 0 Å². The van der Waals surface area contributed by atoms with Crippen LogP contribution in [0.3, 0.4) is 0 Å². The topological polar surface area (TPSA) is 54.6 Å². The lowest BCUT2D eigenvalue weighted by atomic mass is 10.2. The molecule has 1 aromatic carbocycles. The highest BCUT2D eigenvalue weighted by molar-refractivity contribution is 5.28. The minimum atomic E-state index is -0.189. The molecule has 0 saturated carbocycles. The lowest BCUT2D eigenvalue weighted by molar-refractivity contribution is 0.225. The molecule has 2 rings (SSSR count). The largest absolute Gasteiger partial charge is 0.494 e. The Balaban J connectivity index is 1.95. The second kappa shape index (κ2) is 6.97. The molecule has 1 aromatic heterocycles. The van der Waals surface area contributed by atoms with E-state index < -0.39 is 0 Å². The van der Waals surface area contributed by atoms with Crippen LogP contribution in [0, 0.1) is 0 Å². The average molecular weight is 261 g/mol. The number of rotatable bonds is 7. The fraction of sp³-hybridized carbons (Fsp3) is 0.333. The van der Waals surface area contributed by atoms with Crippen molar-refractivity contribution < 1.29 is 14.3 Å². The summed E-state index contributed by atoms with van der Waals surface area (Å²) in [5.41, 5.74) is 1.11. The van der Waals surface area contributed by atoms with Gasteiger partial charge in [0.05, 0.1) is 25.5 Å². The van der Waals surface area contributed by atoms with Crippen LogP contribution in [-0.4, -0.2) is 18.3 Å². The monoisotopic (exact) mass is 261 g/mol. The summed E-state index contributed by atoms with van der Waals surface area (Å²) >= 11 is 0. The van der Waals surface area contributed by atoms with Gasteiger partial charge in [0.2, 0.25) is 0 Å². The number of benzene rings is 1. The molecule has 0 aliphatic carbocycles. The van der Waals surface area contributed by atoms with Crippen LogP contribution in [0.2, 0.25) is 0 Å². The number of ether oxygens (including phenoxy) is 1. The van der Waals surface area contributed by atoms with Gasteiger partial charge in [-0.1, -0.05) is 12.1 Å². The third-order valence-electron chi connectivity index (χ3n) is 2.83. The van der Waals surface area contributed by atoms with Crippen molar-refractivity contribution >= 4 is 0 Å². The van der Waals surface area contributed by atoms with Gasteiger partial charge >= 0.3 is 0 Å². The van der Waals surface area contributed by atoms with Crippen molar-refractivity contribution in [2.45, 2.75) is 19.5 Å². The first-order valence-electron chi connectivity index (χ1n) is 6.43. The van der Waals surface area contributed by atoms with E-state index in [1.165, 1.54) is 0 Å². The van der Waals surface area contributed by atoms with Crippen LogP contribution in [-0.2, 0) is 6.54 Å². The van der Waals surface area contributed by atoms with Gasteiger partial charge in [0.25, 0.3) is 0 Å². The molecule has 2 aromatic rings. The fourth-order valence-electron chi connectivity index (χ4n) is 1.90. The highest BCUT2D eigenvalue weighted by atomic mass is 16.5. The van der Waals surface area contributed by atoms with E-state index >= 15 is 0 Å². The molecule has 0 spiro atoms. The lowest BCUT2D eigenvalue weighted by Crippen LogP contribution is -2.23. The van der Waals surface area contributed by atoms with Gasteiger partial charge in [0.15, 0.2) is 0 Å². The number of aliphatic hydroxyl groups is 1. The summed E-state index contributed by atoms with van der Waals surface area (Å²) in [6.07, 6.45) is 1.61. The molecule has 0 aliphatic heterocycles. The third-order valence-corrected chi connectivity index (χ3v) is 2.83. The van der Waals surface area contributed by atoms with Crippen LogP contribution in [0.1, 0.15) is 24.3 Å². The second-order valence-corrected chi connectivity index (χ2v) is 4.21. The maximum absolute atomic E-state index is 9.37. The summed E-state index contributed by atoms with van der Waals surface area (Å²) in [5, 5.41) is 12.6. The van der Waals surface area contributed by atoms with Gasteiger partial charge < -0.3 is 19.6 Å². The predicted octanol–water partition coefficient (Wildman–Crippen LogP) is 2.50. The first-order chi connectivity index (χ1) is 9.33. The molecular formula is C15H19NO3. The van der Waals surface area contributed by atoms with Gasteiger partial charge in [-0.15, -0.1) is 0 Å². The van der Waals surface area contributed by atoms with Gasteiger partial charge in [0, 0.05) is 6.54 Å². The molecule has 0 radical (unpaired) electrons. The molecule has 1 heterocycles. The van der Waals surface area contributed by atoms with E-state index in [-0.39, 0.29) is 12.6 Å². The molecule has 1 atom stereocenters. The Morgan fingerprint density at radius 1 is 1.32 bits per heavy atom. The van der Waals surface area contributed by atoms with Crippen molar-refractivity contribution in [1.29, 1.82) is 0 Å². The maximum Gasteiger partial charge on any atom is 0.123 e. The number of hydrogen-bond acceptors (Lipinski definition) is 4. The first-order valence-corrected chi connectivity index (χ1v) is 6.43. The van der Waals surface area contributed by atoms with E-state index in [4.69, 9.17) is 9.15 Å². The van der Waals surface area contributed by atoms with Crippen molar-refractivity contribution in [2.24, 2.45) is 0 Å². The summed E-state index contributed by atoms with van der Waals surface area (Å²) in [7, 11) is 0. The zero-order valence-electron chi connectivity index (χ0n) is 11.0. The molecule has 1 unspecified atom stereocenters. The Bertz CT molecular complexity index is 482. The number of hydrogen-bond donors (Lipinski definition) is 2. The van der Waals surface area contributed by atoms with Gasteiger partial charge in [-0.25, -0.2) is 0 Å². The van der Waals surface area contributed by atoms with Gasteiger partial charge in [-0.05, 0) is 36.8 Å². The number of nitrogens with one attached hydrogen (secondary N) is 1. The summed E-state index contributed by atoms with van der Waals surface area (Å²) in [4.78, 5) is 0. The van der Waals surface area contributed by atoms with Crippen LogP contribution in [0.15, 0.2) is 47.1 Å². The summed E-state index contributed by atoms with van der Waals surface area (Å²) in [6, 6.07) is 11.4. The highest BCUT2D eigenvalue weighted by Crippen LogP contribution is 2.16. The Hall–Kier alpha value is -1.78. The van der Waals surface area contributed by atoms with E-state index in [0.29, 0.717) is 13.2 Å². The molecule has 4 nitrogen and oxygen atoms in total. The van der Waals surface area contributed by atoms with Crippen LogP contribution in [0.5, 0.6) is 5.75 Å². The van der Waals surface area contributed by atoms with Crippen molar-refractivity contribution in [2.75, 3.05) is 13.2 Å². The Kier molecular flexibility index (Phi) is 5.01. The average Bonchev–Trinajstić information content (AvgIpc) is 2.94. The molecule has 19 heavy (non-hydrogen) atoms. The van der Waals surface area contributed by atoms with Crippen LogP contribution in [0.25, 0.3) is 0 Å². The minimum absolute atomic E-state index is 0.00133.